The predicted molar refractivity (Wildman–Crippen MR) is 75.3 cm³/mol. The molecule has 0 aromatic carbocycles. The van der Waals surface area contributed by atoms with Crippen LogP contribution in [0.5, 0.6) is 0 Å². The maximum absolute atomic E-state index is 13.0. The smallest absolute Gasteiger partial charge is 0.272 e. The van der Waals surface area contributed by atoms with Crippen molar-refractivity contribution in [3.05, 3.63) is 17.5 Å². The van der Waals surface area contributed by atoms with E-state index in [1.807, 2.05) is 20.8 Å². The van der Waals surface area contributed by atoms with Crippen LogP contribution in [0, 0.1) is 5.92 Å². The fourth-order valence-electron chi connectivity index (χ4n) is 1.88. The van der Waals surface area contributed by atoms with Crippen LogP contribution in [0.2, 0.25) is 0 Å². The molecular formula is C14H23F2N3O2. The third kappa shape index (κ3) is 5.41. The first-order chi connectivity index (χ1) is 9.85. The van der Waals surface area contributed by atoms with Crippen LogP contribution >= 0.6 is 0 Å². The van der Waals surface area contributed by atoms with Crippen LogP contribution in [0.15, 0.2) is 6.20 Å². The van der Waals surface area contributed by atoms with Gasteiger partial charge in [0.1, 0.15) is 0 Å². The lowest BCUT2D eigenvalue weighted by atomic mass is 10.2. The average Bonchev–Trinajstić information content (AvgIpc) is 2.81. The van der Waals surface area contributed by atoms with Crippen molar-refractivity contribution in [1.82, 2.24) is 15.1 Å². The van der Waals surface area contributed by atoms with Gasteiger partial charge in [-0.2, -0.15) is 5.10 Å². The number of hydrogen-bond donors (Lipinski definition) is 2. The van der Waals surface area contributed by atoms with Gasteiger partial charge in [0.15, 0.2) is 5.69 Å². The molecule has 120 valence electrons. The molecule has 2 N–H and O–H groups in total. The SMILES string of the molecule is CCC(O)CCNC(=O)c1nn(CC(C)C)cc1C(F)F. The summed E-state index contributed by atoms with van der Waals surface area (Å²) >= 11 is 0. The largest absolute Gasteiger partial charge is 0.393 e. The summed E-state index contributed by atoms with van der Waals surface area (Å²) in [5, 5.41) is 15.9. The molecule has 0 saturated heterocycles. The number of halogens is 2. The van der Waals surface area contributed by atoms with E-state index in [-0.39, 0.29) is 23.7 Å². The molecule has 0 aliphatic rings. The molecule has 1 aromatic heterocycles. The minimum absolute atomic E-state index is 0.230. The third-order valence-electron chi connectivity index (χ3n) is 3.03. The molecule has 1 atom stereocenters. The average molecular weight is 303 g/mol. The van der Waals surface area contributed by atoms with Gasteiger partial charge in [0.25, 0.3) is 12.3 Å². The second-order valence-electron chi connectivity index (χ2n) is 5.46. The summed E-state index contributed by atoms with van der Waals surface area (Å²) in [6.45, 7) is 6.41. The minimum Gasteiger partial charge on any atom is -0.393 e. The van der Waals surface area contributed by atoms with Gasteiger partial charge in [0.05, 0.1) is 11.7 Å². The van der Waals surface area contributed by atoms with Gasteiger partial charge in [-0.05, 0) is 18.8 Å². The number of nitrogens with one attached hydrogen (secondary N) is 1. The summed E-state index contributed by atoms with van der Waals surface area (Å²) in [4.78, 5) is 11.9. The predicted octanol–water partition coefficient (Wildman–Crippen LogP) is 2.37. The maximum Gasteiger partial charge on any atom is 0.272 e. The molecule has 7 heteroatoms. The summed E-state index contributed by atoms with van der Waals surface area (Å²) in [5.41, 5.74) is -0.596. The molecule has 0 bridgehead atoms. The van der Waals surface area contributed by atoms with E-state index in [0.717, 1.165) is 0 Å². The number of carbonyl (C=O) groups is 1. The molecule has 0 fully saturated rings. The van der Waals surface area contributed by atoms with E-state index in [9.17, 15) is 18.7 Å². The topological polar surface area (TPSA) is 67.2 Å². The van der Waals surface area contributed by atoms with Gasteiger partial charge in [-0.15, -0.1) is 0 Å². The van der Waals surface area contributed by atoms with Crippen molar-refractivity contribution >= 4 is 5.91 Å². The van der Waals surface area contributed by atoms with E-state index in [2.05, 4.69) is 10.4 Å². The number of rotatable bonds is 8. The minimum atomic E-state index is -2.74. The Labute approximate surface area is 123 Å². The standard InChI is InChI=1S/C14H23F2N3O2/c1-4-10(20)5-6-17-14(21)12-11(13(15)16)8-19(18-12)7-9(2)3/h8-10,13,20H,4-7H2,1-3H3,(H,17,21). The van der Waals surface area contributed by atoms with Gasteiger partial charge >= 0.3 is 0 Å². The van der Waals surface area contributed by atoms with Crippen LogP contribution in [-0.2, 0) is 6.54 Å². The summed E-state index contributed by atoms with van der Waals surface area (Å²) in [7, 11) is 0. The van der Waals surface area contributed by atoms with Crippen LogP contribution in [0.25, 0.3) is 0 Å². The Morgan fingerprint density at radius 3 is 2.67 bits per heavy atom. The number of nitrogens with zero attached hydrogens (tertiary/aromatic N) is 2. The zero-order chi connectivity index (χ0) is 16.0. The highest BCUT2D eigenvalue weighted by molar-refractivity contribution is 5.93. The van der Waals surface area contributed by atoms with Gasteiger partial charge < -0.3 is 10.4 Å². The molecule has 1 amide bonds. The van der Waals surface area contributed by atoms with Gasteiger partial charge in [-0.3, -0.25) is 9.48 Å². The monoisotopic (exact) mass is 303 g/mol. The number of alkyl halides is 2. The van der Waals surface area contributed by atoms with E-state index in [1.54, 1.807) is 0 Å². The zero-order valence-corrected chi connectivity index (χ0v) is 12.6. The number of aliphatic hydroxyl groups is 1. The highest BCUT2D eigenvalue weighted by atomic mass is 19.3. The summed E-state index contributed by atoms with van der Waals surface area (Å²) in [5.74, 6) is -0.387. The number of aromatic nitrogens is 2. The molecule has 1 aromatic rings. The quantitative estimate of drug-likeness (QED) is 0.775. The molecule has 0 radical (unpaired) electrons. The number of hydrogen-bond acceptors (Lipinski definition) is 3. The van der Waals surface area contributed by atoms with Crippen molar-refractivity contribution in [2.24, 2.45) is 5.92 Å². The first-order valence-electron chi connectivity index (χ1n) is 7.16. The fourth-order valence-corrected chi connectivity index (χ4v) is 1.88. The summed E-state index contributed by atoms with van der Waals surface area (Å²) in [6.07, 6.45) is -1.05. The van der Waals surface area contributed by atoms with Crippen LogP contribution in [0.3, 0.4) is 0 Å². The van der Waals surface area contributed by atoms with Gasteiger partial charge in [-0.1, -0.05) is 20.8 Å². The van der Waals surface area contributed by atoms with Crippen LogP contribution in [0.4, 0.5) is 8.78 Å². The van der Waals surface area contributed by atoms with E-state index >= 15 is 0 Å². The van der Waals surface area contributed by atoms with E-state index in [4.69, 9.17) is 0 Å². The Balaban J connectivity index is 2.75. The van der Waals surface area contributed by atoms with Crippen molar-refractivity contribution < 1.29 is 18.7 Å². The highest BCUT2D eigenvalue weighted by Crippen LogP contribution is 2.22. The second-order valence-corrected chi connectivity index (χ2v) is 5.46. The van der Waals surface area contributed by atoms with E-state index in [0.29, 0.717) is 19.4 Å². The summed E-state index contributed by atoms with van der Waals surface area (Å²) < 4.78 is 27.3. The molecule has 1 heterocycles. The molecule has 0 aliphatic heterocycles. The third-order valence-corrected chi connectivity index (χ3v) is 3.03. The molecular weight excluding hydrogens is 280 g/mol. The molecule has 0 saturated carbocycles. The van der Waals surface area contributed by atoms with Gasteiger partial charge in [-0.25, -0.2) is 8.78 Å². The normalized spacial score (nSPS) is 13.0. The fraction of sp³-hybridized carbons (Fsp3) is 0.714. The van der Waals surface area contributed by atoms with Crippen LogP contribution < -0.4 is 5.32 Å². The van der Waals surface area contributed by atoms with Crippen LogP contribution in [0.1, 0.15) is 56.1 Å². The Hall–Kier alpha value is -1.50. The zero-order valence-electron chi connectivity index (χ0n) is 12.6. The lowest BCUT2D eigenvalue weighted by Gasteiger charge is -2.08. The van der Waals surface area contributed by atoms with Crippen molar-refractivity contribution in [2.75, 3.05) is 6.54 Å². The van der Waals surface area contributed by atoms with Gasteiger partial charge in [0, 0.05) is 19.3 Å². The van der Waals surface area contributed by atoms with Gasteiger partial charge in [0.2, 0.25) is 0 Å². The van der Waals surface area contributed by atoms with Crippen LogP contribution in [-0.4, -0.2) is 33.4 Å². The van der Waals surface area contributed by atoms with Crippen molar-refractivity contribution in [2.45, 2.75) is 52.7 Å². The first kappa shape index (κ1) is 17.6. The van der Waals surface area contributed by atoms with E-state index < -0.39 is 18.4 Å². The van der Waals surface area contributed by atoms with Crippen molar-refractivity contribution in [3.63, 3.8) is 0 Å². The lowest BCUT2D eigenvalue weighted by Crippen LogP contribution is -2.28. The Morgan fingerprint density at radius 2 is 2.14 bits per heavy atom. The first-order valence-corrected chi connectivity index (χ1v) is 7.16. The highest BCUT2D eigenvalue weighted by Gasteiger charge is 2.23. The van der Waals surface area contributed by atoms with Crippen molar-refractivity contribution in [3.8, 4) is 0 Å². The number of amides is 1. The number of carbonyl (C=O) groups excluding carboxylic acids is 1. The number of aliphatic hydroxyl groups excluding tert-OH is 1. The second kappa shape index (κ2) is 8.07. The molecule has 5 nitrogen and oxygen atoms in total. The Morgan fingerprint density at radius 1 is 1.48 bits per heavy atom. The molecule has 1 rings (SSSR count). The Kier molecular flexibility index (Phi) is 6.74. The summed E-state index contributed by atoms with van der Waals surface area (Å²) in [6, 6.07) is 0. The van der Waals surface area contributed by atoms with E-state index in [1.165, 1.54) is 10.9 Å². The van der Waals surface area contributed by atoms with Crippen molar-refractivity contribution in [1.29, 1.82) is 0 Å². The molecule has 1 unspecified atom stereocenters. The molecule has 0 spiro atoms. The molecule has 0 aliphatic carbocycles. The Bertz CT molecular complexity index is 461. The molecule has 21 heavy (non-hydrogen) atoms. The lowest BCUT2D eigenvalue weighted by molar-refractivity contribution is 0.0923. The maximum atomic E-state index is 13.0.